The van der Waals surface area contributed by atoms with Gasteiger partial charge in [0.05, 0.1) is 13.7 Å². The number of ether oxygens (including phenoxy) is 1. The predicted octanol–water partition coefficient (Wildman–Crippen LogP) is 2.45. The fourth-order valence-corrected chi connectivity index (χ4v) is 3.12. The molecule has 0 atom stereocenters. The lowest BCUT2D eigenvalue weighted by Gasteiger charge is -2.22. The van der Waals surface area contributed by atoms with Gasteiger partial charge in [0.25, 0.3) is 0 Å². The zero-order valence-corrected chi connectivity index (χ0v) is 17.9. The number of halogens is 1. The first-order valence-electron chi connectivity index (χ1n) is 8.67. The van der Waals surface area contributed by atoms with Crippen molar-refractivity contribution >= 4 is 29.9 Å². The number of hydrogen-bond acceptors (Lipinski definition) is 4. The van der Waals surface area contributed by atoms with E-state index in [2.05, 4.69) is 42.1 Å². The van der Waals surface area contributed by atoms with Gasteiger partial charge in [0, 0.05) is 33.6 Å². The van der Waals surface area contributed by atoms with Crippen LogP contribution in [0.15, 0.2) is 29.3 Å². The Morgan fingerprint density at radius 1 is 1.27 bits per heavy atom. The maximum atomic E-state index is 5.20. The van der Waals surface area contributed by atoms with Crippen LogP contribution in [0.3, 0.4) is 0 Å². The summed E-state index contributed by atoms with van der Waals surface area (Å²) in [5.74, 6) is 3.78. The standard InChI is InChI=1S/C18H26N6O.HI/c1-19-18(23(2)13-14-7-9-15(25-3)10-8-14)20-12-17-22-21-16-6-4-5-11-24(16)17;/h7-10H,4-6,11-13H2,1-3H3,(H,19,20);1H. The van der Waals surface area contributed by atoms with Gasteiger partial charge < -0.3 is 19.5 Å². The summed E-state index contributed by atoms with van der Waals surface area (Å²) in [4.78, 5) is 6.47. The van der Waals surface area contributed by atoms with Crippen molar-refractivity contribution in [3.05, 3.63) is 41.5 Å². The Kier molecular flexibility index (Phi) is 7.67. The van der Waals surface area contributed by atoms with Crippen LogP contribution in [-0.4, -0.2) is 46.8 Å². The summed E-state index contributed by atoms with van der Waals surface area (Å²) in [5, 5.41) is 12.0. The van der Waals surface area contributed by atoms with Gasteiger partial charge in [0.2, 0.25) is 0 Å². The summed E-state index contributed by atoms with van der Waals surface area (Å²) in [6.07, 6.45) is 3.43. The Labute approximate surface area is 171 Å². The van der Waals surface area contributed by atoms with Crippen molar-refractivity contribution in [2.45, 2.75) is 38.9 Å². The van der Waals surface area contributed by atoms with E-state index in [1.54, 1.807) is 14.2 Å². The van der Waals surface area contributed by atoms with E-state index in [4.69, 9.17) is 4.74 Å². The van der Waals surface area contributed by atoms with Crippen LogP contribution < -0.4 is 10.1 Å². The van der Waals surface area contributed by atoms with Crippen LogP contribution in [0.2, 0.25) is 0 Å². The number of aryl methyl sites for hydroxylation is 1. The van der Waals surface area contributed by atoms with E-state index < -0.39 is 0 Å². The molecule has 0 unspecified atom stereocenters. The summed E-state index contributed by atoms with van der Waals surface area (Å²) < 4.78 is 7.43. The molecule has 0 saturated carbocycles. The zero-order valence-electron chi connectivity index (χ0n) is 15.6. The molecule has 0 fully saturated rings. The van der Waals surface area contributed by atoms with E-state index >= 15 is 0 Å². The van der Waals surface area contributed by atoms with E-state index in [-0.39, 0.29) is 24.0 Å². The zero-order chi connectivity index (χ0) is 17.6. The second kappa shape index (κ2) is 9.75. The van der Waals surface area contributed by atoms with Gasteiger partial charge in [0.1, 0.15) is 11.6 Å². The second-order valence-electron chi connectivity index (χ2n) is 6.25. The third kappa shape index (κ3) is 4.87. The number of nitrogens with zero attached hydrogens (tertiary/aromatic N) is 5. The molecule has 142 valence electrons. The van der Waals surface area contributed by atoms with Crippen molar-refractivity contribution in [3.63, 3.8) is 0 Å². The van der Waals surface area contributed by atoms with Crippen molar-refractivity contribution in [1.29, 1.82) is 0 Å². The minimum Gasteiger partial charge on any atom is -0.497 e. The van der Waals surface area contributed by atoms with Gasteiger partial charge in [-0.2, -0.15) is 0 Å². The first-order chi connectivity index (χ1) is 12.2. The number of aliphatic imine (C=N–C) groups is 1. The molecule has 2 heterocycles. The lowest BCUT2D eigenvalue weighted by molar-refractivity contribution is 0.414. The maximum absolute atomic E-state index is 5.20. The predicted molar refractivity (Wildman–Crippen MR) is 113 cm³/mol. The van der Waals surface area contributed by atoms with Crippen LogP contribution in [0, 0.1) is 0 Å². The Morgan fingerprint density at radius 3 is 2.73 bits per heavy atom. The Balaban J connectivity index is 0.00000243. The highest BCUT2D eigenvalue weighted by Gasteiger charge is 2.16. The monoisotopic (exact) mass is 470 g/mol. The Hall–Kier alpha value is -1.84. The number of nitrogens with one attached hydrogen (secondary N) is 1. The average molecular weight is 470 g/mol. The molecule has 1 aromatic carbocycles. The van der Waals surface area contributed by atoms with Crippen molar-refractivity contribution in [2.24, 2.45) is 4.99 Å². The normalized spacial score (nSPS) is 13.6. The van der Waals surface area contributed by atoms with Crippen molar-refractivity contribution in [2.75, 3.05) is 21.2 Å². The number of methoxy groups -OCH3 is 1. The Bertz CT molecular complexity index is 728. The lowest BCUT2D eigenvalue weighted by atomic mass is 10.2. The summed E-state index contributed by atoms with van der Waals surface area (Å²) in [6.45, 7) is 2.41. The smallest absolute Gasteiger partial charge is 0.194 e. The average Bonchev–Trinajstić information content (AvgIpc) is 3.06. The van der Waals surface area contributed by atoms with Gasteiger partial charge in [-0.05, 0) is 30.5 Å². The molecule has 0 spiro atoms. The summed E-state index contributed by atoms with van der Waals surface area (Å²) in [7, 11) is 5.50. The van der Waals surface area contributed by atoms with Crippen LogP contribution in [0.1, 0.15) is 30.1 Å². The number of rotatable bonds is 5. The SMILES string of the molecule is CN=C(NCc1nnc2n1CCCC2)N(C)Cc1ccc(OC)cc1.I. The highest BCUT2D eigenvalue weighted by atomic mass is 127. The summed E-state index contributed by atoms with van der Waals surface area (Å²) in [6, 6.07) is 8.08. The molecule has 0 bridgehead atoms. The van der Waals surface area contributed by atoms with E-state index in [0.717, 1.165) is 42.9 Å². The molecule has 0 amide bonds. The fourth-order valence-electron chi connectivity index (χ4n) is 3.12. The lowest BCUT2D eigenvalue weighted by Crippen LogP contribution is -2.38. The highest BCUT2D eigenvalue weighted by Crippen LogP contribution is 2.15. The molecule has 26 heavy (non-hydrogen) atoms. The molecule has 8 heteroatoms. The minimum atomic E-state index is 0. The van der Waals surface area contributed by atoms with Crippen molar-refractivity contribution in [1.82, 2.24) is 25.0 Å². The third-order valence-corrected chi connectivity index (χ3v) is 4.49. The molecule has 3 rings (SSSR count). The maximum Gasteiger partial charge on any atom is 0.194 e. The quantitative estimate of drug-likeness (QED) is 0.413. The first-order valence-corrected chi connectivity index (χ1v) is 8.67. The molecular weight excluding hydrogens is 443 g/mol. The van der Waals surface area contributed by atoms with Gasteiger partial charge in [0.15, 0.2) is 11.8 Å². The van der Waals surface area contributed by atoms with Gasteiger partial charge in [-0.15, -0.1) is 34.2 Å². The van der Waals surface area contributed by atoms with Crippen LogP contribution in [0.5, 0.6) is 5.75 Å². The van der Waals surface area contributed by atoms with Crippen LogP contribution in [0.4, 0.5) is 0 Å². The number of guanidine groups is 1. The van der Waals surface area contributed by atoms with Gasteiger partial charge in [-0.1, -0.05) is 12.1 Å². The van der Waals surface area contributed by atoms with E-state index in [0.29, 0.717) is 6.54 Å². The summed E-state index contributed by atoms with van der Waals surface area (Å²) >= 11 is 0. The molecular formula is C18H27IN6O. The third-order valence-electron chi connectivity index (χ3n) is 4.49. The highest BCUT2D eigenvalue weighted by molar-refractivity contribution is 14.0. The largest absolute Gasteiger partial charge is 0.497 e. The molecule has 0 radical (unpaired) electrons. The topological polar surface area (TPSA) is 67.6 Å². The second-order valence-corrected chi connectivity index (χ2v) is 6.25. The van der Waals surface area contributed by atoms with Crippen LogP contribution in [0.25, 0.3) is 0 Å². The molecule has 2 aromatic rings. The number of aromatic nitrogens is 3. The summed E-state index contributed by atoms with van der Waals surface area (Å²) in [5.41, 5.74) is 1.20. The molecule has 7 nitrogen and oxygen atoms in total. The van der Waals surface area contributed by atoms with E-state index in [1.807, 2.05) is 19.2 Å². The van der Waals surface area contributed by atoms with Crippen molar-refractivity contribution < 1.29 is 4.74 Å². The van der Waals surface area contributed by atoms with E-state index in [1.165, 1.54) is 18.4 Å². The molecule has 1 N–H and O–H groups in total. The molecule has 1 aliphatic heterocycles. The number of hydrogen-bond donors (Lipinski definition) is 1. The number of benzene rings is 1. The Morgan fingerprint density at radius 2 is 2.04 bits per heavy atom. The van der Waals surface area contributed by atoms with Crippen molar-refractivity contribution in [3.8, 4) is 5.75 Å². The van der Waals surface area contributed by atoms with Gasteiger partial charge >= 0.3 is 0 Å². The first kappa shape index (κ1) is 20.5. The van der Waals surface area contributed by atoms with E-state index in [9.17, 15) is 0 Å². The molecule has 1 aromatic heterocycles. The van der Waals surface area contributed by atoms with Crippen LogP contribution >= 0.6 is 24.0 Å². The van der Waals surface area contributed by atoms with Gasteiger partial charge in [-0.25, -0.2) is 0 Å². The molecule has 0 saturated heterocycles. The molecule has 1 aliphatic rings. The fraction of sp³-hybridized carbons (Fsp3) is 0.500. The minimum absolute atomic E-state index is 0. The molecule has 0 aliphatic carbocycles. The van der Waals surface area contributed by atoms with Crippen LogP contribution in [-0.2, 0) is 26.1 Å². The van der Waals surface area contributed by atoms with Gasteiger partial charge in [-0.3, -0.25) is 4.99 Å². The number of fused-ring (bicyclic) bond motifs is 1.